The number of hydrogen-bond donors (Lipinski definition) is 2. The second-order valence-electron chi connectivity index (χ2n) is 4.20. The molecule has 100 valence electrons. The summed E-state index contributed by atoms with van der Waals surface area (Å²) in [5.74, 6) is 0. The lowest BCUT2D eigenvalue weighted by molar-refractivity contribution is 0.575. The minimum Gasteiger partial charge on any atom is -0.313 e. The molecule has 1 aromatic rings. The predicted octanol–water partition coefficient (Wildman–Crippen LogP) is 2.13. The number of hydrogen-bond acceptors (Lipinski definition) is 3. The van der Waals surface area contributed by atoms with E-state index in [4.69, 9.17) is 11.6 Å². The van der Waals surface area contributed by atoms with Gasteiger partial charge in [-0.05, 0) is 47.0 Å². The SMILES string of the molecule is O=S(=O)(NCCNC1CC1)c1ccc(Cl)c(Br)c1. The lowest BCUT2D eigenvalue weighted by Crippen LogP contribution is -2.32. The van der Waals surface area contributed by atoms with Crippen LogP contribution in [-0.4, -0.2) is 27.5 Å². The minimum atomic E-state index is -3.46. The fraction of sp³-hybridized carbons (Fsp3) is 0.455. The van der Waals surface area contributed by atoms with Gasteiger partial charge >= 0.3 is 0 Å². The molecule has 0 amide bonds. The van der Waals surface area contributed by atoms with Crippen molar-refractivity contribution in [2.45, 2.75) is 23.8 Å². The van der Waals surface area contributed by atoms with E-state index >= 15 is 0 Å². The first-order valence-corrected chi connectivity index (χ1v) is 8.32. The molecule has 0 atom stereocenters. The second kappa shape index (κ2) is 5.88. The topological polar surface area (TPSA) is 58.2 Å². The zero-order valence-corrected chi connectivity index (χ0v) is 12.8. The van der Waals surface area contributed by atoms with E-state index in [1.807, 2.05) is 0 Å². The first-order valence-electron chi connectivity index (χ1n) is 5.67. The van der Waals surface area contributed by atoms with E-state index in [0.29, 0.717) is 28.6 Å². The molecule has 7 heteroatoms. The van der Waals surface area contributed by atoms with Crippen LogP contribution in [0.5, 0.6) is 0 Å². The molecule has 0 spiro atoms. The van der Waals surface area contributed by atoms with Gasteiger partial charge in [-0.3, -0.25) is 0 Å². The molecular weight excluding hydrogens is 340 g/mol. The molecule has 0 saturated heterocycles. The lowest BCUT2D eigenvalue weighted by atomic mass is 10.4. The van der Waals surface area contributed by atoms with Crippen LogP contribution >= 0.6 is 27.5 Å². The van der Waals surface area contributed by atoms with Gasteiger partial charge < -0.3 is 5.32 Å². The Kier molecular flexibility index (Phi) is 4.66. The summed E-state index contributed by atoms with van der Waals surface area (Å²) in [4.78, 5) is 0.213. The highest BCUT2D eigenvalue weighted by atomic mass is 79.9. The van der Waals surface area contributed by atoms with Crippen molar-refractivity contribution in [2.75, 3.05) is 13.1 Å². The molecule has 1 aliphatic rings. The highest BCUT2D eigenvalue weighted by Crippen LogP contribution is 2.25. The average molecular weight is 354 g/mol. The van der Waals surface area contributed by atoms with Crippen LogP contribution in [0.15, 0.2) is 27.6 Å². The van der Waals surface area contributed by atoms with E-state index in [1.165, 1.54) is 25.0 Å². The van der Waals surface area contributed by atoms with E-state index in [0.717, 1.165) is 0 Å². The number of benzene rings is 1. The zero-order valence-electron chi connectivity index (χ0n) is 9.62. The summed E-state index contributed by atoms with van der Waals surface area (Å²) in [6.45, 7) is 1.04. The molecular formula is C11H14BrClN2O2S. The van der Waals surface area contributed by atoms with Crippen LogP contribution in [0.1, 0.15) is 12.8 Å². The molecule has 2 rings (SSSR count). The van der Waals surface area contributed by atoms with Gasteiger partial charge in [0.15, 0.2) is 0 Å². The highest BCUT2D eigenvalue weighted by molar-refractivity contribution is 9.10. The van der Waals surface area contributed by atoms with Crippen LogP contribution in [0.4, 0.5) is 0 Å². The highest BCUT2D eigenvalue weighted by Gasteiger charge is 2.20. The summed E-state index contributed by atoms with van der Waals surface area (Å²) < 4.78 is 27.0. The fourth-order valence-corrected chi connectivity index (χ4v) is 3.18. The maximum absolute atomic E-state index is 12.0. The van der Waals surface area contributed by atoms with Crippen molar-refractivity contribution in [3.8, 4) is 0 Å². The Bertz CT molecular complexity index is 532. The summed E-state index contributed by atoms with van der Waals surface area (Å²) >= 11 is 9.04. The Hall–Kier alpha value is -0.140. The molecule has 0 aliphatic heterocycles. The van der Waals surface area contributed by atoms with E-state index < -0.39 is 10.0 Å². The van der Waals surface area contributed by atoms with Crippen molar-refractivity contribution < 1.29 is 8.42 Å². The maximum atomic E-state index is 12.0. The van der Waals surface area contributed by atoms with Crippen LogP contribution in [0, 0.1) is 0 Å². The van der Waals surface area contributed by atoms with Gasteiger partial charge in [-0.25, -0.2) is 13.1 Å². The van der Waals surface area contributed by atoms with E-state index in [9.17, 15) is 8.42 Å². The largest absolute Gasteiger partial charge is 0.313 e. The molecule has 1 aromatic carbocycles. The lowest BCUT2D eigenvalue weighted by Gasteiger charge is -2.08. The Morgan fingerprint density at radius 3 is 2.67 bits per heavy atom. The minimum absolute atomic E-state index is 0.213. The summed E-state index contributed by atoms with van der Waals surface area (Å²) in [6, 6.07) is 5.13. The Labute approximate surface area is 120 Å². The van der Waals surface area contributed by atoms with Gasteiger partial charge in [0, 0.05) is 23.6 Å². The Balaban J connectivity index is 1.93. The summed E-state index contributed by atoms with van der Waals surface area (Å²) in [6.07, 6.45) is 2.38. The molecule has 1 saturated carbocycles. The molecule has 0 heterocycles. The monoisotopic (exact) mass is 352 g/mol. The first kappa shape index (κ1) is 14.3. The van der Waals surface area contributed by atoms with Crippen molar-refractivity contribution in [3.05, 3.63) is 27.7 Å². The second-order valence-corrected chi connectivity index (χ2v) is 7.23. The predicted molar refractivity (Wildman–Crippen MR) is 75.4 cm³/mol. The molecule has 0 aromatic heterocycles. The fourth-order valence-electron chi connectivity index (χ4n) is 1.48. The average Bonchev–Trinajstić information content (AvgIpc) is 3.12. The van der Waals surface area contributed by atoms with Gasteiger partial charge in [-0.1, -0.05) is 11.6 Å². The standard InChI is InChI=1S/C11H14BrClN2O2S/c12-10-7-9(3-4-11(10)13)18(16,17)15-6-5-14-8-1-2-8/h3-4,7-8,14-15H,1-2,5-6H2. The van der Waals surface area contributed by atoms with Crippen molar-refractivity contribution in [2.24, 2.45) is 0 Å². The van der Waals surface area contributed by atoms with Crippen molar-refractivity contribution >= 4 is 37.6 Å². The molecule has 2 N–H and O–H groups in total. The number of rotatable bonds is 6. The van der Waals surface area contributed by atoms with Gasteiger partial charge in [0.05, 0.1) is 9.92 Å². The zero-order chi connectivity index (χ0) is 13.2. The molecule has 0 bridgehead atoms. The van der Waals surface area contributed by atoms with Crippen LogP contribution < -0.4 is 10.0 Å². The third kappa shape index (κ3) is 3.93. The molecule has 1 fully saturated rings. The van der Waals surface area contributed by atoms with Crippen LogP contribution in [0.2, 0.25) is 5.02 Å². The van der Waals surface area contributed by atoms with Gasteiger partial charge in [0.2, 0.25) is 10.0 Å². The third-order valence-corrected chi connectivity index (χ3v) is 5.30. The number of sulfonamides is 1. The number of halogens is 2. The van der Waals surface area contributed by atoms with Crippen LogP contribution in [-0.2, 0) is 10.0 Å². The summed E-state index contributed by atoms with van der Waals surface area (Å²) in [5.41, 5.74) is 0. The van der Waals surface area contributed by atoms with Crippen molar-refractivity contribution in [3.63, 3.8) is 0 Å². The summed E-state index contributed by atoms with van der Waals surface area (Å²) in [5, 5.41) is 3.73. The van der Waals surface area contributed by atoms with Gasteiger partial charge in [-0.2, -0.15) is 0 Å². The third-order valence-electron chi connectivity index (χ3n) is 2.63. The van der Waals surface area contributed by atoms with E-state index in [-0.39, 0.29) is 4.90 Å². The first-order chi connectivity index (χ1) is 8.49. The quantitative estimate of drug-likeness (QED) is 0.770. The Morgan fingerprint density at radius 1 is 1.33 bits per heavy atom. The summed E-state index contributed by atoms with van der Waals surface area (Å²) in [7, 11) is -3.46. The van der Waals surface area contributed by atoms with Crippen LogP contribution in [0.3, 0.4) is 0 Å². The van der Waals surface area contributed by atoms with Gasteiger partial charge in [0.1, 0.15) is 0 Å². The van der Waals surface area contributed by atoms with E-state index in [2.05, 4.69) is 26.0 Å². The number of nitrogens with one attached hydrogen (secondary N) is 2. The normalized spacial score (nSPS) is 15.9. The van der Waals surface area contributed by atoms with Crippen molar-refractivity contribution in [1.82, 2.24) is 10.0 Å². The van der Waals surface area contributed by atoms with E-state index in [1.54, 1.807) is 6.07 Å². The maximum Gasteiger partial charge on any atom is 0.240 e. The van der Waals surface area contributed by atoms with Crippen molar-refractivity contribution in [1.29, 1.82) is 0 Å². The smallest absolute Gasteiger partial charge is 0.240 e. The van der Waals surface area contributed by atoms with Gasteiger partial charge in [0.25, 0.3) is 0 Å². The Morgan fingerprint density at radius 2 is 2.06 bits per heavy atom. The molecule has 0 unspecified atom stereocenters. The molecule has 1 aliphatic carbocycles. The molecule has 4 nitrogen and oxygen atoms in total. The molecule has 18 heavy (non-hydrogen) atoms. The van der Waals surface area contributed by atoms with Gasteiger partial charge in [-0.15, -0.1) is 0 Å². The molecule has 0 radical (unpaired) electrons. The van der Waals surface area contributed by atoms with Crippen LogP contribution in [0.25, 0.3) is 0 Å².